The Morgan fingerprint density at radius 1 is 0.944 bits per heavy atom. The minimum atomic E-state index is 0.411. The summed E-state index contributed by atoms with van der Waals surface area (Å²) in [6.07, 6.45) is 4.79. The topological polar surface area (TPSA) is 8.17 Å². The predicted molar refractivity (Wildman–Crippen MR) is 74.5 cm³/mol. The summed E-state index contributed by atoms with van der Waals surface area (Å²) >= 11 is 0. The van der Waals surface area contributed by atoms with Crippen molar-refractivity contribution in [3.05, 3.63) is 59.9 Å². The van der Waals surface area contributed by atoms with Crippen LogP contribution in [0.3, 0.4) is 0 Å². The summed E-state index contributed by atoms with van der Waals surface area (Å²) in [4.78, 5) is 2.60. The summed E-state index contributed by atoms with van der Waals surface area (Å²) in [5.74, 6) is 0. The zero-order valence-electron chi connectivity index (χ0n) is 10.9. The van der Waals surface area contributed by atoms with Crippen LogP contribution in [-0.4, -0.2) is 22.6 Å². The quantitative estimate of drug-likeness (QED) is 0.799. The maximum Gasteiger partial charge on any atom is 0.0756 e. The van der Waals surface area contributed by atoms with Crippen LogP contribution in [0.1, 0.15) is 30.1 Å². The number of aryl methyl sites for hydroxylation is 1. The van der Waals surface area contributed by atoms with Crippen LogP contribution in [0, 0.1) is 0 Å². The first-order valence-electron chi connectivity index (χ1n) is 6.76. The molecule has 2 heteroatoms. The fourth-order valence-corrected chi connectivity index (χ4v) is 2.96. The maximum absolute atomic E-state index is 2.60. The summed E-state index contributed by atoms with van der Waals surface area (Å²) < 4.78 is 2.25. The Morgan fingerprint density at radius 2 is 1.67 bits per heavy atom. The molecule has 2 heterocycles. The van der Waals surface area contributed by atoms with Crippen LogP contribution in [0.5, 0.6) is 0 Å². The molecule has 1 saturated heterocycles. The zero-order valence-corrected chi connectivity index (χ0v) is 10.9. The first-order chi connectivity index (χ1) is 8.86. The fraction of sp³-hybridized carbons (Fsp3) is 0.375. The molecule has 1 fully saturated rings. The largest absolute Gasteiger partial charge is 0.353 e. The molecule has 3 rings (SSSR count). The zero-order chi connectivity index (χ0) is 12.4. The van der Waals surface area contributed by atoms with E-state index in [0.717, 1.165) is 0 Å². The van der Waals surface area contributed by atoms with Gasteiger partial charge in [-0.15, -0.1) is 0 Å². The molecule has 0 amide bonds. The second-order valence-corrected chi connectivity index (χ2v) is 5.10. The van der Waals surface area contributed by atoms with Gasteiger partial charge in [0.05, 0.1) is 6.04 Å². The standard InChI is InChI=1S/C16H20N2/c1-17-11-7-10-15(17)16(18-12-5-6-13-18)14-8-3-2-4-9-14/h2-4,7-11,16H,5-6,12-13H2,1H3. The van der Waals surface area contributed by atoms with E-state index in [1.165, 1.54) is 37.2 Å². The van der Waals surface area contributed by atoms with E-state index in [9.17, 15) is 0 Å². The van der Waals surface area contributed by atoms with Gasteiger partial charge in [-0.25, -0.2) is 0 Å². The Morgan fingerprint density at radius 3 is 2.28 bits per heavy atom. The Hall–Kier alpha value is -1.54. The van der Waals surface area contributed by atoms with E-state index in [1.807, 2.05) is 0 Å². The molecule has 1 aromatic heterocycles. The molecule has 0 radical (unpaired) electrons. The molecule has 0 spiro atoms. The van der Waals surface area contributed by atoms with E-state index in [2.05, 4.69) is 65.2 Å². The average molecular weight is 240 g/mol. The molecule has 1 aromatic carbocycles. The minimum absolute atomic E-state index is 0.411. The Labute approximate surface area is 109 Å². The van der Waals surface area contributed by atoms with Gasteiger partial charge in [0.25, 0.3) is 0 Å². The molecule has 2 nitrogen and oxygen atoms in total. The van der Waals surface area contributed by atoms with Crippen molar-refractivity contribution in [1.82, 2.24) is 9.47 Å². The molecule has 0 N–H and O–H groups in total. The van der Waals surface area contributed by atoms with Crippen LogP contribution >= 0.6 is 0 Å². The van der Waals surface area contributed by atoms with Crippen LogP contribution < -0.4 is 0 Å². The summed E-state index contributed by atoms with van der Waals surface area (Å²) in [6, 6.07) is 15.7. The van der Waals surface area contributed by atoms with Crippen LogP contribution in [0.25, 0.3) is 0 Å². The first kappa shape index (κ1) is 11.5. The van der Waals surface area contributed by atoms with Crippen molar-refractivity contribution in [2.75, 3.05) is 13.1 Å². The maximum atomic E-state index is 2.60. The van der Waals surface area contributed by atoms with E-state index in [4.69, 9.17) is 0 Å². The average Bonchev–Trinajstić information content (AvgIpc) is 3.05. The number of hydrogen-bond donors (Lipinski definition) is 0. The summed E-state index contributed by atoms with van der Waals surface area (Å²) in [5, 5.41) is 0. The van der Waals surface area contributed by atoms with Gasteiger partial charge in [0.2, 0.25) is 0 Å². The third-order valence-electron chi connectivity index (χ3n) is 3.89. The number of likely N-dealkylation sites (tertiary alicyclic amines) is 1. The molecule has 1 atom stereocenters. The lowest BCUT2D eigenvalue weighted by molar-refractivity contribution is 0.273. The Bertz CT molecular complexity index is 495. The van der Waals surface area contributed by atoms with Crippen molar-refractivity contribution >= 4 is 0 Å². The molecule has 0 saturated carbocycles. The van der Waals surface area contributed by atoms with Crippen LogP contribution in [0.2, 0.25) is 0 Å². The minimum Gasteiger partial charge on any atom is -0.353 e. The number of nitrogens with zero attached hydrogens (tertiary/aromatic N) is 2. The molecule has 18 heavy (non-hydrogen) atoms. The van der Waals surface area contributed by atoms with Gasteiger partial charge in [-0.1, -0.05) is 30.3 Å². The van der Waals surface area contributed by atoms with Crippen molar-refractivity contribution < 1.29 is 0 Å². The SMILES string of the molecule is Cn1cccc1C(c1ccccc1)N1CCCC1. The molecule has 1 aliphatic rings. The van der Waals surface area contributed by atoms with E-state index >= 15 is 0 Å². The number of hydrogen-bond acceptors (Lipinski definition) is 1. The van der Waals surface area contributed by atoms with Crippen molar-refractivity contribution in [3.63, 3.8) is 0 Å². The lowest BCUT2D eigenvalue weighted by atomic mass is 10.0. The van der Waals surface area contributed by atoms with Gasteiger partial charge in [0.15, 0.2) is 0 Å². The van der Waals surface area contributed by atoms with Crippen LogP contribution in [-0.2, 0) is 7.05 Å². The Balaban J connectivity index is 2.01. The summed E-state index contributed by atoms with van der Waals surface area (Å²) in [7, 11) is 2.14. The van der Waals surface area contributed by atoms with E-state index in [0.29, 0.717) is 6.04 Å². The monoisotopic (exact) mass is 240 g/mol. The molecule has 1 aliphatic heterocycles. The molecule has 0 bridgehead atoms. The van der Waals surface area contributed by atoms with Crippen molar-refractivity contribution in [1.29, 1.82) is 0 Å². The number of aromatic nitrogens is 1. The lowest BCUT2D eigenvalue weighted by Gasteiger charge is -2.28. The molecular formula is C16H20N2. The Kier molecular flexibility index (Phi) is 3.20. The van der Waals surface area contributed by atoms with E-state index in [-0.39, 0.29) is 0 Å². The van der Waals surface area contributed by atoms with Crippen molar-refractivity contribution in [3.8, 4) is 0 Å². The molecule has 0 aliphatic carbocycles. The molecular weight excluding hydrogens is 220 g/mol. The van der Waals surface area contributed by atoms with Gasteiger partial charge in [-0.05, 0) is 43.6 Å². The van der Waals surface area contributed by atoms with Gasteiger partial charge < -0.3 is 4.57 Å². The second kappa shape index (κ2) is 4.99. The molecule has 94 valence electrons. The molecule has 2 aromatic rings. The van der Waals surface area contributed by atoms with Gasteiger partial charge >= 0.3 is 0 Å². The van der Waals surface area contributed by atoms with E-state index < -0.39 is 0 Å². The van der Waals surface area contributed by atoms with Gasteiger partial charge in [0, 0.05) is 18.9 Å². The second-order valence-electron chi connectivity index (χ2n) is 5.10. The third-order valence-corrected chi connectivity index (χ3v) is 3.89. The van der Waals surface area contributed by atoms with Gasteiger partial charge in [-0.2, -0.15) is 0 Å². The highest BCUT2D eigenvalue weighted by molar-refractivity contribution is 5.29. The fourth-order valence-electron chi connectivity index (χ4n) is 2.96. The van der Waals surface area contributed by atoms with Crippen LogP contribution in [0.15, 0.2) is 48.7 Å². The first-order valence-corrected chi connectivity index (χ1v) is 6.76. The smallest absolute Gasteiger partial charge is 0.0756 e. The highest BCUT2D eigenvalue weighted by Gasteiger charge is 2.26. The van der Waals surface area contributed by atoms with Crippen molar-refractivity contribution in [2.45, 2.75) is 18.9 Å². The number of rotatable bonds is 3. The summed E-state index contributed by atoms with van der Waals surface area (Å²) in [5.41, 5.74) is 2.80. The summed E-state index contributed by atoms with van der Waals surface area (Å²) in [6.45, 7) is 2.43. The van der Waals surface area contributed by atoms with Crippen molar-refractivity contribution in [2.24, 2.45) is 7.05 Å². The highest BCUT2D eigenvalue weighted by atomic mass is 15.2. The van der Waals surface area contributed by atoms with Gasteiger partial charge in [-0.3, -0.25) is 4.90 Å². The molecule has 1 unspecified atom stereocenters. The van der Waals surface area contributed by atoms with E-state index in [1.54, 1.807) is 0 Å². The van der Waals surface area contributed by atoms with Crippen LogP contribution in [0.4, 0.5) is 0 Å². The predicted octanol–water partition coefficient (Wildman–Crippen LogP) is 3.21. The van der Waals surface area contributed by atoms with Gasteiger partial charge in [0.1, 0.15) is 0 Å². The normalized spacial score (nSPS) is 18.1. The number of benzene rings is 1. The lowest BCUT2D eigenvalue weighted by Crippen LogP contribution is -2.27. The third kappa shape index (κ3) is 2.08. The highest BCUT2D eigenvalue weighted by Crippen LogP contribution is 2.31.